The van der Waals surface area contributed by atoms with E-state index in [1.165, 1.54) is 12.1 Å². The van der Waals surface area contributed by atoms with Gasteiger partial charge in [-0.05, 0) is 18.2 Å². The summed E-state index contributed by atoms with van der Waals surface area (Å²) < 4.78 is 47.8. The topological polar surface area (TPSA) is 55.8 Å². The summed E-state index contributed by atoms with van der Waals surface area (Å²) in [7, 11) is 0. The summed E-state index contributed by atoms with van der Waals surface area (Å²) in [4.78, 5) is 10.4. The van der Waals surface area contributed by atoms with Crippen LogP contribution in [-0.2, 0) is 4.74 Å². The van der Waals surface area contributed by atoms with E-state index in [2.05, 4.69) is 20.7 Å². The number of carbonyl (C=O) groups is 1. The van der Waals surface area contributed by atoms with Crippen LogP contribution in [-0.4, -0.2) is 23.5 Å². The van der Waals surface area contributed by atoms with Gasteiger partial charge in [-0.2, -0.15) is 13.2 Å². The molecule has 1 aromatic carbocycles. The Balaban J connectivity index is 2.45. The molecule has 1 aromatic rings. The van der Waals surface area contributed by atoms with Crippen molar-refractivity contribution in [2.24, 2.45) is 0 Å². The molecule has 0 fully saturated rings. The molecule has 0 amide bonds. The molecule has 1 aliphatic rings. The maximum Gasteiger partial charge on any atom is 0.511 e. The molecule has 8 heteroatoms. The molecule has 0 saturated heterocycles. The average Bonchev–Trinajstić information content (AvgIpc) is 2.26. The number of benzene rings is 1. The lowest BCUT2D eigenvalue weighted by atomic mass is 10.1. The number of alkyl halides is 3. The predicted molar refractivity (Wildman–Crippen MR) is 61.7 cm³/mol. The molecule has 1 heterocycles. The first-order valence-electron chi connectivity index (χ1n) is 4.92. The van der Waals surface area contributed by atoms with Crippen LogP contribution in [0.25, 0.3) is 6.08 Å². The predicted octanol–water partition coefficient (Wildman–Crippen LogP) is 3.81. The van der Waals surface area contributed by atoms with Gasteiger partial charge in [-0.15, -0.1) is 0 Å². The number of halogens is 4. The summed E-state index contributed by atoms with van der Waals surface area (Å²) in [5.74, 6) is -0.815. The minimum atomic E-state index is -4.78. The van der Waals surface area contributed by atoms with Crippen LogP contribution >= 0.6 is 15.9 Å². The number of hydrogen-bond donors (Lipinski definition) is 1. The summed E-state index contributed by atoms with van der Waals surface area (Å²) in [5.41, 5.74) is 0.306. The molecule has 1 aliphatic heterocycles. The van der Waals surface area contributed by atoms with Crippen LogP contribution in [0.2, 0.25) is 0 Å². The molecule has 0 radical (unpaired) electrons. The molecule has 19 heavy (non-hydrogen) atoms. The van der Waals surface area contributed by atoms with Crippen LogP contribution in [0.5, 0.6) is 5.75 Å². The highest BCUT2D eigenvalue weighted by Gasteiger charge is 2.48. The zero-order valence-corrected chi connectivity index (χ0v) is 10.7. The van der Waals surface area contributed by atoms with Crippen LogP contribution in [0, 0.1) is 0 Å². The highest BCUT2D eigenvalue weighted by molar-refractivity contribution is 9.10. The summed E-state index contributed by atoms with van der Waals surface area (Å²) in [5, 5.41) is 8.45. The summed E-state index contributed by atoms with van der Waals surface area (Å²) in [6, 6.07) is 4.43. The third-order valence-electron chi connectivity index (χ3n) is 2.28. The first kappa shape index (κ1) is 13.7. The van der Waals surface area contributed by atoms with Gasteiger partial charge in [-0.1, -0.05) is 22.0 Å². The van der Waals surface area contributed by atoms with E-state index in [4.69, 9.17) is 9.84 Å². The van der Waals surface area contributed by atoms with Gasteiger partial charge in [0.05, 0.1) is 0 Å². The van der Waals surface area contributed by atoms with Crippen molar-refractivity contribution in [3.8, 4) is 5.75 Å². The van der Waals surface area contributed by atoms with Gasteiger partial charge in [-0.3, -0.25) is 0 Å². The molecule has 0 aromatic heterocycles. The second kappa shape index (κ2) is 4.76. The maximum atomic E-state index is 12.8. The molecule has 0 aliphatic carbocycles. The smallest absolute Gasteiger partial charge is 0.472 e. The molecule has 0 spiro atoms. The summed E-state index contributed by atoms with van der Waals surface area (Å²) in [6.45, 7) is 0. The van der Waals surface area contributed by atoms with Gasteiger partial charge in [0.25, 0.3) is 6.10 Å². The van der Waals surface area contributed by atoms with Crippen LogP contribution < -0.4 is 4.74 Å². The van der Waals surface area contributed by atoms with Gasteiger partial charge in [-0.25, -0.2) is 4.79 Å². The van der Waals surface area contributed by atoms with E-state index in [-0.39, 0.29) is 5.75 Å². The van der Waals surface area contributed by atoms with Crippen molar-refractivity contribution in [2.75, 3.05) is 0 Å². The second-order valence-corrected chi connectivity index (χ2v) is 4.55. The first-order valence-corrected chi connectivity index (χ1v) is 5.72. The molecular weight excluding hydrogens is 333 g/mol. The lowest BCUT2D eigenvalue weighted by Gasteiger charge is -2.27. The van der Waals surface area contributed by atoms with Crippen LogP contribution in [0.15, 0.2) is 28.4 Å². The van der Waals surface area contributed by atoms with Gasteiger partial charge in [0.15, 0.2) is 5.76 Å². The van der Waals surface area contributed by atoms with E-state index >= 15 is 0 Å². The number of hydrogen-bond acceptors (Lipinski definition) is 3. The van der Waals surface area contributed by atoms with Crippen molar-refractivity contribution >= 4 is 28.2 Å². The Hall–Kier alpha value is -1.70. The van der Waals surface area contributed by atoms with Crippen LogP contribution in [0.3, 0.4) is 0 Å². The van der Waals surface area contributed by atoms with Gasteiger partial charge < -0.3 is 14.6 Å². The SMILES string of the molecule is O=C(O)OC1=Cc2ccc(Br)cc2OC1C(F)(F)F. The molecular formula is C11H6BrF3O4. The van der Waals surface area contributed by atoms with Crippen molar-refractivity contribution in [1.82, 2.24) is 0 Å². The van der Waals surface area contributed by atoms with Crippen molar-refractivity contribution in [2.45, 2.75) is 12.3 Å². The Morgan fingerprint density at radius 2 is 2.11 bits per heavy atom. The third kappa shape index (κ3) is 3.01. The Morgan fingerprint density at radius 3 is 2.68 bits per heavy atom. The Bertz CT molecular complexity index is 553. The normalized spacial score (nSPS) is 18.1. The number of rotatable bonds is 1. The first-order chi connectivity index (χ1) is 8.77. The van der Waals surface area contributed by atoms with E-state index in [1.54, 1.807) is 6.07 Å². The van der Waals surface area contributed by atoms with E-state index in [9.17, 15) is 18.0 Å². The minimum Gasteiger partial charge on any atom is -0.472 e. The van der Waals surface area contributed by atoms with Crippen molar-refractivity contribution in [1.29, 1.82) is 0 Å². The lowest BCUT2D eigenvalue weighted by molar-refractivity contribution is -0.191. The van der Waals surface area contributed by atoms with E-state index in [0.29, 0.717) is 10.0 Å². The number of ether oxygens (including phenoxy) is 2. The molecule has 102 valence electrons. The Kier molecular flexibility index (Phi) is 3.44. The van der Waals surface area contributed by atoms with E-state index < -0.39 is 24.2 Å². The fraction of sp³-hybridized carbons (Fsp3) is 0.182. The van der Waals surface area contributed by atoms with Gasteiger partial charge >= 0.3 is 12.3 Å². The zero-order valence-electron chi connectivity index (χ0n) is 9.07. The zero-order chi connectivity index (χ0) is 14.2. The van der Waals surface area contributed by atoms with E-state index in [0.717, 1.165) is 6.08 Å². The third-order valence-corrected chi connectivity index (χ3v) is 2.77. The van der Waals surface area contributed by atoms with Crippen molar-refractivity contribution in [3.05, 3.63) is 34.0 Å². The highest BCUT2D eigenvalue weighted by atomic mass is 79.9. The van der Waals surface area contributed by atoms with Crippen molar-refractivity contribution in [3.63, 3.8) is 0 Å². The van der Waals surface area contributed by atoms with E-state index in [1.807, 2.05) is 0 Å². The molecule has 1 N–H and O–H groups in total. The molecule has 1 unspecified atom stereocenters. The Labute approximate surface area is 113 Å². The van der Waals surface area contributed by atoms with Crippen LogP contribution in [0.4, 0.5) is 18.0 Å². The highest BCUT2D eigenvalue weighted by Crippen LogP contribution is 2.38. The fourth-order valence-corrected chi connectivity index (χ4v) is 1.90. The van der Waals surface area contributed by atoms with Crippen molar-refractivity contribution < 1.29 is 32.5 Å². The maximum absolute atomic E-state index is 12.8. The van der Waals surface area contributed by atoms with Gasteiger partial charge in [0, 0.05) is 10.0 Å². The summed E-state index contributed by atoms with van der Waals surface area (Å²) >= 11 is 3.11. The van der Waals surface area contributed by atoms with Gasteiger partial charge in [0.2, 0.25) is 0 Å². The minimum absolute atomic E-state index is 0.00515. The standard InChI is InChI=1S/C11H6BrF3O4/c12-6-2-1-5-3-8(19-10(16)17)9(11(13,14)15)18-7(5)4-6/h1-4,9H,(H,16,17). The van der Waals surface area contributed by atoms with Crippen LogP contribution in [0.1, 0.15) is 5.56 Å². The monoisotopic (exact) mass is 338 g/mol. The quantitative estimate of drug-likeness (QED) is 0.791. The fourth-order valence-electron chi connectivity index (χ4n) is 1.56. The lowest BCUT2D eigenvalue weighted by Crippen LogP contribution is -2.39. The molecule has 0 saturated carbocycles. The molecule has 4 nitrogen and oxygen atoms in total. The largest absolute Gasteiger partial charge is 0.511 e. The Morgan fingerprint density at radius 1 is 1.42 bits per heavy atom. The van der Waals surface area contributed by atoms with Gasteiger partial charge in [0.1, 0.15) is 5.75 Å². The average molecular weight is 339 g/mol. The number of carboxylic acid groups (broad SMARTS) is 1. The summed E-state index contributed by atoms with van der Waals surface area (Å²) in [6.07, 6.45) is -8.05. The second-order valence-electron chi connectivity index (χ2n) is 3.64. The molecule has 1 atom stereocenters. The number of fused-ring (bicyclic) bond motifs is 1. The molecule has 2 rings (SSSR count). The molecule has 0 bridgehead atoms.